The van der Waals surface area contributed by atoms with Gasteiger partial charge in [0.15, 0.2) is 0 Å². The molecule has 3 N–H and O–H groups in total. The van der Waals surface area contributed by atoms with Crippen molar-refractivity contribution in [3.8, 4) is 11.1 Å². The second kappa shape index (κ2) is 8.46. The first-order chi connectivity index (χ1) is 12.0. The molecule has 0 bridgehead atoms. The van der Waals surface area contributed by atoms with Gasteiger partial charge in [-0.1, -0.05) is 29.8 Å². The molecule has 0 atom stereocenters. The lowest BCUT2D eigenvalue weighted by atomic mass is 9.97. The summed E-state index contributed by atoms with van der Waals surface area (Å²) < 4.78 is 0. The summed E-state index contributed by atoms with van der Waals surface area (Å²) in [6, 6.07) is 12.8. The summed E-state index contributed by atoms with van der Waals surface area (Å²) in [5.74, 6) is 0. The minimum absolute atomic E-state index is 0.0507. The van der Waals surface area contributed by atoms with Crippen LogP contribution < -0.4 is 0 Å². The van der Waals surface area contributed by atoms with Crippen molar-refractivity contribution in [2.75, 3.05) is 14.1 Å². The molecule has 0 saturated heterocycles. The molecule has 25 heavy (non-hydrogen) atoms. The highest BCUT2D eigenvalue weighted by atomic mass is 16.3. The third-order valence-electron chi connectivity index (χ3n) is 3.97. The van der Waals surface area contributed by atoms with E-state index in [1.807, 2.05) is 6.20 Å². The predicted molar refractivity (Wildman–Crippen MR) is 100 cm³/mol. The molecule has 0 aliphatic carbocycles. The molecule has 3 rings (SSSR count). The normalized spacial score (nSPS) is 10.6. The van der Waals surface area contributed by atoms with Crippen molar-refractivity contribution in [1.82, 2.24) is 9.88 Å². The van der Waals surface area contributed by atoms with Crippen LogP contribution in [0.5, 0.6) is 0 Å². The molecule has 1 aromatic heterocycles. The molecule has 5 heteroatoms. The number of hydrogen-bond acceptors (Lipinski definition) is 3. The second-order valence-electron chi connectivity index (χ2n) is 6.24. The van der Waals surface area contributed by atoms with E-state index in [0.29, 0.717) is 0 Å². The Hall–Kier alpha value is -2.63. The van der Waals surface area contributed by atoms with E-state index >= 15 is 0 Å². The average molecular weight is 340 g/mol. The fourth-order valence-corrected chi connectivity index (χ4v) is 2.96. The number of H-pyrrole nitrogens is 1. The number of fused-ring (bicyclic) bond motifs is 1. The number of aromatic amines is 1. The maximum atomic E-state index is 9.78. The van der Waals surface area contributed by atoms with Crippen LogP contribution in [0.4, 0.5) is 0 Å². The number of carbonyl (C=O) groups is 1. The zero-order valence-corrected chi connectivity index (χ0v) is 14.8. The van der Waals surface area contributed by atoms with Gasteiger partial charge in [0.05, 0.1) is 6.61 Å². The average Bonchev–Trinajstić information content (AvgIpc) is 2.97. The summed E-state index contributed by atoms with van der Waals surface area (Å²) in [5, 5.41) is 17.9. The number of aromatic nitrogens is 1. The lowest BCUT2D eigenvalue weighted by molar-refractivity contribution is -0.122. The standard InChI is InChI=1S/C19H22N2O.CH2O2/c1-13-4-7-19-17(8-13)18(10-20-19)16-6-5-14(11-21(2)3)9-15(16)12-22;2-1-3/h4-10,20,22H,11-12H2,1-3H3;1H,(H,2,3). The van der Waals surface area contributed by atoms with Crippen molar-refractivity contribution in [1.29, 1.82) is 0 Å². The highest BCUT2D eigenvalue weighted by Crippen LogP contribution is 2.32. The van der Waals surface area contributed by atoms with E-state index in [0.717, 1.165) is 28.8 Å². The van der Waals surface area contributed by atoms with Gasteiger partial charge in [0.2, 0.25) is 0 Å². The van der Waals surface area contributed by atoms with Gasteiger partial charge >= 0.3 is 0 Å². The van der Waals surface area contributed by atoms with Crippen LogP contribution in [-0.2, 0) is 17.9 Å². The number of nitrogens with one attached hydrogen (secondary N) is 1. The Balaban J connectivity index is 0.000000701. The quantitative estimate of drug-likeness (QED) is 0.636. The molecule has 0 unspecified atom stereocenters. The van der Waals surface area contributed by atoms with Gasteiger partial charge in [-0.05, 0) is 49.8 Å². The first-order valence-electron chi connectivity index (χ1n) is 8.03. The number of aliphatic hydroxyl groups excluding tert-OH is 1. The minimum atomic E-state index is -0.250. The van der Waals surface area contributed by atoms with Crippen molar-refractivity contribution in [3.63, 3.8) is 0 Å². The van der Waals surface area contributed by atoms with Crippen molar-refractivity contribution in [2.45, 2.75) is 20.1 Å². The number of carboxylic acid groups (broad SMARTS) is 1. The maximum Gasteiger partial charge on any atom is 0.290 e. The SMILES string of the molecule is Cc1ccc2[nH]cc(-c3ccc(CN(C)C)cc3CO)c2c1.O=CO. The summed E-state index contributed by atoms with van der Waals surface area (Å²) in [6.45, 7) is 2.78. The smallest absolute Gasteiger partial charge is 0.290 e. The van der Waals surface area contributed by atoms with Crippen LogP contribution in [0.25, 0.3) is 22.0 Å². The van der Waals surface area contributed by atoms with Crippen LogP contribution in [0.2, 0.25) is 0 Å². The maximum absolute atomic E-state index is 9.78. The summed E-state index contributed by atoms with van der Waals surface area (Å²) in [5.41, 5.74) is 6.81. The molecule has 0 spiro atoms. The van der Waals surface area contributed by atoms with Crippen LogP contribution in [0.1, 0.15) is 16.7 Å². The zero-order valence-electron chi connectivity index (χ0n) is 14.8. The van der Waals surface area contributed by atoms with Crippen molar-refractivity contribution >= 4 is 17.4 Å². The van der Waals surface area contributed by atoms with E-state index < -0.39 is 0 Å². The number of benzene rings is 2. The Labute approximate surface area is 147 Å². The van der Waals surface area contributed by atoms with Gasteiger partial charge in [-0.15, -0.1) is 0 Å². The van der Waals surface area contributed by atoms with Gasteiger partial charge in [0.1, 0.15) is 0 Å². The van der Waals surface area contributed by atoms with E-state index in [4.69, 9.17) is 9.90 Å². The van der Waals surface area contributed by atoms with Crippen LogP contribution >= 0.6 is 0 Å². The number of nitrogens with zero attached hydrogens (tertiary/aromatic N) is 1. The third-order valence-corrected chi connectivity index (χ3v) is 3.97. The number of aliphatic hydroxyl groups is 1. The van der Waals surface area contributed by atoms with E-state index in [9.17, 15) is 5.11 Å². The molecule has 0 fully saturated rings. The van der Waals surface area contributed by atoms with E-state index in [2.05, 4.69) is 67.3 Å². The Morgan fingerprint density at radius 1 is 1.12 bits per heavy atom. The van der Waals surface area contributed by atoms with Crippen molar-refractivity contribution in [3.05, 3.63) is 59.3 Å². The lowest BCUT2D eigenvalue weighted by Crippen LogP contribution is -2.10. The van der Waals surface area contributed by atoms with E-state index in [1.165, 1.54) is 16.5 Å². The molecule has 5 nitrogen and oxygen atoms in total. The summed E-state index contributed by atoms with van der Waals surface area (Å²) in [4.78, 5) is 13.8. The van der Waals surface area contributed by atoms with Gasteiger partial charge in [-0.2, -0.15) is 0 Å². The Morgan fingerprint density at radius 3 is 2.48 bits per heavy atom. The van der Waals surface area contributed by atoms with Crippen LogP contribution in [0.15, 0.2) is 42.6 Å². The van der Waals surface area contributed by atoms with Crippen LogP contribution in [0, 0.1) is 6.92 Å². The molecule has 0 amide bonds. The highest BCUT2D eigenvalue weighted by molar-refractivity contribution is 5.96. The largest absolute Gasteiger partial charge is 0.483 e. The van der Waals surface area contributed by atoms with Crippen molar-refractivity contribution < 1.29 is 15.0 Å². The van der Waals surface area contributed by atoms with Crippen LogP contribution in [0.3, 0.4) is 0 Å². The zero-order chi connectivity index (χ0) is 18.4. The van der Waals surface area contributed by atoms with E-state index in [1.54, 1.807) is 0 Å². The Bertz CT molecular complexity index is 853. The molecular weight excluding hydrogens is 316 g/mol. The van der Waals surface area contributed by atoms with Gasteiger partial charge < -0.3 is 20.1 Å². The molecular formula is C20H24N2O3. The summed E-state index contributed by atoms with van der Waals surface area (Å²) >= 11 is 0. The highest BCUT2D eigenvalue weighted by Gasteiger charge is 2.11. The molecule has 0 aliphatic rings. The number of rotatable bonds is 4. The van der Waals surface area contributed by atoms with Gasteiger partial charge in [-0.3, -0.25) is 4.79 Å². The Morgan fingerprint density at radius 2 is 1.84 bits per heavy atom. The summed E-state index contributed by atoms with van der Waals surface area (Å²) in [7, 11) is 4.10. The molecule has 0 aliphatic heterocycles. The Kier molecular flexibility index (Phi) is 6.33. The topological polar surface area (TPSA) is 76.6 Å². The third kappa shape index (κ3) is 4.47. The first-order valence-corrected chi connectivity index (χ1v) is 8.03. The molecule has 2 aromatic carbocycles. The monoisotopic (exact) mass is 340 g/mol. The molecule has 0 radical (unpaired) electrons. The molecule has 0 saturated carbocycles. The second-order valence-corrected chi connectivity index (χ2v) is 6.24. The lowest BCUT2D eigenvalue weighted by Gasteiger charge is -2.13. The molecule has 3 aromatic rings. The minimum Gasteiger partial charge on any atom is -0.483 e. The van der Waals surface area contributed by atoms with Crippen LogP contribution in [-0.4, -0.2) is 40.7 Å². The number of aryl methyl sites for hydroxylation is 1. The van der Waals surface area contributed by atoms with E-state index in [-0.39, 0.29) is 13.1 Å². The van der Waals surface area contributed by atoms with Gasteiger partial charge in [-0.25, -0.2) is 0 Å². The fourth-order valence-electron chi connectivity index (χ4n) is 2.96. The van der Waals surface area contributed by atoms with Gasteiger partial charge in [0, 0.05) is 29.2 Å². The molecule has 1 heterocycles. The number of hydrogen-bond donors (Lipinski definition) is 3. The summed E-state index contributed by atoms with van der Waals surface area (Å²) in [6.07, 6.45) is 2.03. The predicted octanol–water partition coefficient (Wildman–Crippen LogP) is 3.40. The van der Waals surface area contributed by atoms with Gasteiger partial charge in [0.25, 0.3) is 6.47 Å². The first kappa shape index (κ1) is 18.7. The molecule has 132 valence electrons. The fraction of sp³-hybridized carbons (Fsp3) is 0.250. The van der Waals surface area contributed by atoms with Crippen molar-refractivity contribution in [2.24, 2.45) is 0 Å².